The van der Waals surface area contributed by atoms with Crippen LogP contribution in [-0.4, -0.2) is 17.1 Å². The van der Waals surface area contributed by atoms with Gasteiger partial charge in [-0.3, -0.25) is 0 Å². The zero-order chi connectivity index (χ0) is 8.27. The van der Waals surface area contributed by atoms with Gasteiger partial charge >= 0.3 is 0 Å². The van der Waals surface area contributed by atoms with Crippen molar-refractivity contribution in [2.45, 2.75) is 13.3 Å². The van der Waals surface area contributed by atoms with E-state index in [1.165, 1.54) is 5.69 Å². The lowest BCUT2D eigenvalue weighted by molar-refractivity contribution is 0.416. The van der Waals surface area contributed by atoms with Gasteiger partial charge in [0.2, 0.25) is 0 Å². The number of hydrogen-bond donors (Lipinski definition) is 1. The fraction of sp³-hybridized carbons (Fsp3) is 0.375. The Balaban J connectivity index is 2.80. The summed E-state index contributed by atoms with van der Waals surface area (Å²) >= 11 is 4.94. The second kappa shape index (κ2) is 3.53. The van der Waals surface area contributed by atoms with Gasteiger partial charge in [-0.2, -0.15) is 0 Å². The Kier molecular flexibility index (Phi) is 2.65. The third kappa shape index (κ3) is 1.80. The van der Waals surface area contributed by atoms with Crippen LogP contribution >= 0.6 is 12.2 Å². The van der Waals surface area contributed by atoms with Gasteiger partial charge in [0.15, 0.2) is 5.05 Å². The first-order valence-electron chi connectivity index (χ1n) is 3.53. The highest BCUT2D eigenvalue weighted by atomic mass is 32.1. The Labute approximate surface area is 71.6 Å². The molecule has 1 aromatic heterocycles. The fourth-order valence-corrected chi connectivity index (χ4v) is 0.999. The van der Waals surface area contributed by atoms with Crippen molar-refractivity contribution in [3.05, 3.63) is 23.5 Å². The van der Waals surface area contributed by atoms with Gasteiger partial charge in [0.1, 0.15) is 0 Å². The summed E-state index contributed by atoms with van der Waals surface area (Å²) in [6, 6.07) is 2.01. The molecular weight excluding hydrogens is 158 g/mol. The van der Waals surface area contributed by atoms with E-state index in [-0.39, 0.29) is 0 Å². The monoisotopic (exact) mass is 169 g/mol. The molecule has 1 aromatic rings. The Morgan fingerprint density at radius 3 is 2.91 bits per heavy atom. The van der Waals surface area contributed by atoms with Crippen LogP contribution in [0.5, 0.6) is 0 Å². The van der Waals surface area contributed by atoms with E-state index in [0.29, 0.717) is 5.05 Å². The highest BCUT2D eigenvalue weighted by molar-refractivity contribution is 7.80. The Morgan fingerprint density at radius 2 is 2.45 bits per heavy atom. The Morgan fingerprint density at radius 1 is 1.73 bits per heavy atom. The quantitative estimate of drug-likeness (QED) is 0.684. The van der Waals surface area contributed by atoms with Crippen LogP contribution in [0.4, 0.5) is 0 Å². The first kappa shape index (κ1) is 8.27. The van der Waals surface area contributed by atoms with Crippen LogP contribution in [0.15, 0.2) is 12.3 Å². The van der Waals surface area contributed by atoms with E-state index >= 15 is 0 Å². The summed E-state index contributed by atoms with van der Waals surface area (Å²) in [6.07, 6.45) is 2.86. The summed E-state index contributed by atoms with van der Waals surface area (Å²) in [5, 5.41) is 0.543. The topological polar surface area (TPSA) is 25.0 Å². The van der Waals surface area contributed by atoms with Gasteiger partial charge in [-0.05, 0) is 24.7 Å². The molecule has 0 atom stereocenters. The van der Waals surface area contributed by atoms with Crippen molar-refractivity contribution in [3.8, 4) is 0 Å². The SMILES string of the molecule is CCc1cc(C(=S)OC)c[nH]1. The molecule has 3 heteroatoms. The van der Waals surface area contributed by atoms with Crippen molar-refractivity contribution in [3.63, 3.8) is 0 Å². The summed E-state index contributed by atoms with van der Waals surface area (Å²) < 4.78 is 4.91. The van der Waals surface area contributed by atoms with Crippen molar-refractivity contribution >= 4 is 17.3 Å². The molecule has 0 saturated heterocycles. The minimum Gasteiger partial charge on any atom is -0.486 e. The molecule has 1 heterocycles. The second-order valence-corrected chi connectivity index (χ2v) is 2.63. The lowest BCUT2D eigenvalue weighted by Gasteiger charge is -1.95. The van der Waals surface area contributed by atoms with Gasteiger partial charge in [-0.25, -0.2) is 0 Å². The Hall–Kier alpha value is -0.830. The van der Waals surface area contributed by atoms with Gasteiger partial charge in [-0.1, -0.05) is 6.92 Å². The second-order valence-electron chi connectivity index (χ2n) is 2.26. The number of H-pyrrole nitrogens is 1. The maximum Gasteiger partial charge on any atom is 0.192 e. The van der Waals surface area contributed by atoms with Crippen molar-refractivity contribution in [2.24, 2.45) is 0 Å². The molecule has 60 valence electrons. The predicted octanol–water partition coefficient (Wildman–Crippen LogP) is 1.90. The van der Waals surface area contributed by atoms with Crippen molar-refractivity contribution in [1.29, 1.82) is 0 Å². The van der Waals surface area contributed by atoms with Crippen molar-refractivity contribution < 1.29 is 4.74 Å². The zero-order valence-electron chi connectivity index (χ0n) is 6.68. The van der Waals surface area contributed by atoms with Gasteiger partial charge < -0.3 is 9.72 Å². The normalized spacial score (nSPS) is 9.64. The third-order valence-corrected chi connectivity index (χ3v) is 1.95. The molecule has 0 amide bonds. The third-order valence-electron chi connectivity index (χ3n) is 1.54. The van der Waals surface area contributed by atoms with Crippen LogP contribution in [0.1, 0.15) is 18.2 Å². The summed E-state index contributed by atoms with van der Waals surface area (Å²) in [5.41, 5.74) is 2.14. The van der Waals surface area contributed by atoms with E-state index in [2.05, 4.69) is 11.9 Å². The number of aryl methyl sites for hydroxylation is 1. The molecule has 0 unspecified atom stereocenters. The first-order chi connectivity index (χ1) is 5.27. The number of ether oxygens (including phenoxy) is 1. The summed E-state index contributed by atoms with van der Waals surface area (Å²) in [4.78, 5) is 3.10. The zero-order valence-corrected chi connectivity index (χ0v) is 7.49. The van der Waals surface area contributed by atoms with Crippen LogP contribution in [0.3, 0.4) is 0 Å². The van der Waals surface area contributed by atoms with E-state index in [1.807, 2.05) is 12.3 Å². The molecule has 0 aliphatic heterocycles. The smallest absolute Gasteiger partial charge is 0.192 e. The standard InChI is InChI=1S/C8H11NOS/c1-3-7-4-6(5-9-7)8(11)10-2/h4-5,9H,3H2,1-2H3. The Bertz CT molecular complexity index is 254. The number of hydrogen-bond acceptors (Lipinski definition) is 2. The van der Waals surface area contributed by atoms with Crippen LogP contribution < -0.4 is 0 Å². The number of nitrogens with one attached hydrogen (secondary N) is 1. The number of rotatable bonds is 2. The first-order valence-corrected chi connectivity index (χ1v) is 3.94. The molecule has 0 aromatic carbocycles. The molecule has 0 radical (unpaired) electrons. The highest BCUT2D eigenvalue weighted by Crippen LogP contribution is 2.05. The van der Waals surface area contributed by atoms with Crippen LogP contribution in [-0.2, 0) is 11.2 Å². The van der Waals surface area contributed by atoms with Crippen LogP contribution in [0.25, 0.3) is 0 Å². The van der Waals surface area contributed by atoms with E-state index in [1.54, 1.807) is 7.11 Å². The van der Waals surface area contributed by atoms with Gasteiger partial charge in [0, 0.05) is 17.5 Å². The maximum absolute atomic E-state index is 4.94. The minimum absolute atomic E-state index is 0.543. The van der Waals surface area contributed by atoms with Crippen LogP contribution in [0.2, 0.25) is 0 Å². The highest BCUT2D eigenvalue weighted by Gasteiger charge is 2.01. The molecule has 1 rings (SSSR count). The molecule has 0 aliphatic rings. The molecule has 0 saturated carbocycles. The summed E-state index contributed by atoms with van der Waals surface area (Å²) in [5.74, 6) is 0. The summed E-state index contributed by atoms with van der Waals surface area (Å²) in [6.45, 7) is 2.09. The number of aromatic amines is 1. The van der Waals surface area contributed by atoms with E-state index in [0.717, 1.165) is 12.0 Å². The molecule has 11 heavy (non-hydrogen) atoms. The van der Waals surface area contributed by atoms with Gasteiger partial charge in [-0.15, -0.1) is 0 Å². The van der Waals surface area contributed by atoms with Crippen molar-refractivity contribution in [2.75, 3.05) is 7.11 Å². The average Bonchev–Trinajstić information content (AvgIpc) is 2.50. The number of aromatic nitrogens is 1. The lowest BCUT2D eigenvalue weighted by atomic mass is 10.3. The molecule has 1 N–H and O–H groups in total. The molecule has 0 bridgehead atoms. The minimum atomic E-state index is 0.543. The van der Waals surface area contributed by atoms with Gasteiger partial charge in [0.25, 0.3) is 0 Å². The lowest BCUT2D eigenvalue weighted by Crippen LogP contribution is -1.96. The molecule has 2 nitrogen and oxygen atoms in total. The average molecular weight is 169 g/mol. The van der Waals surface area contributed by atoms with Crippen molar-refractivity contribution in [1.82, 2.24) is 4.98 Å². The van der Waals surface area contributed by atoms with Gasteiger partial charge in [0.05, 0.1) is 7.11 Å². The molecule has 0 aliphatic carbocycles. The van der Waals surface area contributed by atoms with E-state index in [4.69, 9.17) is 17.0 Å². The van der Waals surface area contributed by atoms with Crippen LogP contribution in [0, 0.1) is 0 Å². The molecular formula is C8H11NOS. The predicted molar refractivity (Wildman–Crippen MR) is 48.9 cm³/mol. The summed E-state index contributed by atoms with van der Waals surface area (Å²) in [7, 11) is 1.58. The molecule has 0 fully saturated rings. The number of thiocarbonyl (C=S) groups is 1. The number of methoxy groups -OCH3 is 1. The molecule has 0 spiro atoms. The van der Waals surface area contributed by atoms with E-state index in [9.17, 15) is 0 Å². The fourth-order valence-electron chi connectivity index (χ4n) is 0.881. The maximum atomic E-state index is 4.94. The largest absolute Gasteiger partial charge is 0.486 e. The van der Waals surface area contributed by atoms with E-state index < -0.39 is 0 Å².